The molecule has 0 rings (SSSR count). The second kappa shape index (κ2) is 5.16. The molecule has 0 aromatic rings. The van der Waals surface area contributed by atoms with E-state index in [0.29, 0.717) is 13.1 Å². The maximum atomic E-state index is 10.5. The smallest absolute Gasteiger partial charge is 0.233 e. The van der Waals surface area contributed by atoms with Gasteiger partial charge in [0.2, 0.25) is 5.91 Å². The first-order valence-electron chi connectivity index (χ1n) is 3.11. The number of hydrogen-bond acceptors (Lipinski definition) is 4. The predicted octanol–water partition coefficient (Wildman–Crippen LogP) is -1.57. The third-order valence-corrected chi connectivity index (χ3v) is 1.06. The molecule has 0 heterocycles. The van der Waals surface area contributed by atoms with Crippen molar-refractivity contribution in [1.29, 1.82) is 0 Å². The van der Waals surface area contributed by atoms with E-state index in [-0.39, 0.29) is 5.91 Å². The molecule has 4 N–H and O–H groups in total. The van der Waals surface area contributed by atoms with Crippen LogP contribution in [0, 0.1) is 0 Å². The molecule has 0 fully saturated rings. The van der Waals surface area contributed by atoms with Gasteiger partial charge in [-0.25, -0.2) is 5.84 Å². The molecule has 5 heteroatoms. The fraction of sp³-hybridized carbons (Fsp3) is 0.800. The summed E-state index contributed by atoms with van der Waals surface area (Å²) in [6, 6.07) is 0. The van der Waals surface area contributed by atoms with Gasteiger partial charge in [0.05, 0.1) is 6.54 Å². The highest BCUT2D eigenvalue weighted by molar-refractivity contribution is 5.72. The van der Waals surface area contributed by atoms with Gasteiger partial charge in [-0.1, -0.05) is 0 Å². The van der Waals surface area contributed by atoms with E-state index in [1.807, 2.05) is 0 Å². The van der Waals surface area contributed by atoms with E-state index in [2.05, 4.69) is 10.9 Å². The first-order chi connectivity index (χ1) is 4.68. The van der Waals surface area contributed by atoms with E-state index in [1.165, 1.54) is 6.92 Å². The molecule has 1 amide bonds. The van der Waals surface area contributed by atoms with Crippen LogP contribution in [0.1, 0.15) is 6.92 Å². The highest BCUT2D eigenvalue weighted by Gasteiger charge is 1.99. The lowest BCUT2D eigenvalue weighted by Gasteiger charge is -2.13. The van der Waals surface area contributed by atoms with Gasteiger partial charge < -0.3 is 0 Å². The second-order valence-corrected chi connectivity index (χ2v) is 1.89. The van der Waals surface area contributed by atoms with Gasteiger partial charge in [0.1, 0.15) is 0 Å². The van der Waals surface area contributed by atoms with Crippen LogP contribution in [-0.4, -0.2) is 31.1 Å². The van der Waals surface area contributed by atoms with Crippen LogP contribution in [0.5, 0.6) is 0 Å². The van der Waals surface area contributed by atoms with Crippen LogP contribution in [0.25, 0.3) is 0 Å². The van der Waals surface area contributed by atoms with Crippen LogP contribution in [0.4, 0.5) is 0 Å². The number of nitrogens with two attached hydrogens (primary N) is 1. The van der Waals surface area contributed by atoms with Crippen LogP contribution in [0.3, 0.4) is 0 Å². The molecule has 0 aliphatic heterocycles. The molecule has 60 valence electrons. The molecule has 0 aromatic carbocycles. The molecule has 0 aliphatic carbocycles. The molecule has 0 bridgehead atoms. The second-order valence-electron chi connectivity index (χ2n) is 1.89. The summed E-state index contributed by atoms with van der Waals surface area (Å²) in [5.74, 6) is 5.15. The number of carbonyl (C=O) groups is 1. The Morgan fingerprint density at radius 1 is 1.70 bits per heavy atom. The van der Waals surface area contributed by atoms with Gasteiger partial charge in [-0.2, -0.15) is 0 Å². The van der Waals surface area contributed by atoms with Crippen molar-refractivity contribution in [3.63, 3.8) is 0 Å². The van der Waals surface area contributed by atoms with Gasteiger partial charge in [-0.3, -0.25) is 20.7 Å². The van der Waals surface area contributed by atoms with Crippen molar-refractivity contribution in [3.8, 4) is 0 Å². The van der Waals surface area contributed by atoms with Gasteiger partial charge in [-0.05, 0) is 7.05 Å². The maximum absolute atomic E-state index is 10.5. The standard InChI is InChI=1S/C5H14N4O/c1-5(10)9(6)4-3-8-7-2/h7-8H,3-4,6H2,1-2H3. The number of nitrogens with one attached hydrogen (secondary N) is 2. The minimum atomic E-state index is -0.127. The average molecular weight is 146 g/mol. The van der Waals surface area contributed by atoms with Crippen LogP contribution in [0.2, 0.25) is 0 Å². The Balaban J connectivity index is 3.21. The molecule has 0 atom stereocenters. The van der Waals surface area contributed by atoms with E-state index in [9.17, 15) is 4.79 Å². The Labute approximate surface area is 60.5 Å². The normalized spacial score (nSPS) is 9.50. The predicted molar refractivity (Wildman–Crippen MR) is 38.6 cm³/mol. The highest BCUT2D eigenvalue weighted by Crippen LogP contribution is 1.74. The van der Waals surface area contributed by atoms with E-state index >= 15 is 0 Å². The zero-order valence-corrected chi connectivity index (χ0v) is 6.35. The summed E-state index contributed by atoms with van der Waals surface area (Å²) < 4.78 is 0. The number of amides is 1. The van der Waals surface area contributed by atoms with Crippen LogP contribution in [-0.2, 0) is 4.79 Å². The summed E-state index contributed by atoms with van der Waals surface area (Å²) in [4.78, 5) is 10.5. The first-order valence-corrected chi connectivity index (χ1v) is 3.11. The maximum Gasteiger partial charge on any atom is 0.233 e. The lowest BCUT2D eigenvalue weighted by atomic mass is 10.5. The van der Waals surface area contributed by atoms with Gasteiger partial charge in [0.25, 0.3) is 0 Å². The van der Waals surface area contributed by atoms with Crippen molar-refractivity contribution < 1.29 is 4.79 Å². The molecule has 0 saturated carbocycles. The number of hydrogen-bond donors (Lipinski definition) is 3. The molecule has 0 radical (unpaired) electrons. The van der Waals surface area contributed by atoms with Gasteiger partial charge >= 0.3 is 0 Å². The first kappa shape index (κ1) is 9.35. The SMILES string of the molecule is CNNCCN(N)C(C)=O. The summed E-state index contributed by atoms with van der Waals surface area (Å²) >= 11 is 0. The molecular weight excluding hydrogens is 132 g/mol. The monoisotopic (exact) mass is 146 g/mol. The zero-order valence-electron chi connectivity index (χ0n) is 6.35. The molecular formula is C5H14N4O. The van der Waals surface area contributed by atoms with E-state index in [1.54, 1.807) is 7.05 Å². The number of carbonyl (C=O) groups excluding carboxylic acids is 1. The van der Waals surface area contributed by atoms with Gasteiger partial charge in [0.15, 0.2) is 0 Å². The van der Waals surface area contributed by atoms with Gasteiger partial charge in [-0.15, -0.1) is 0 Å². The van der Waals surface area contributed by atoms with Gasteiger partial charge in [0, 0.05) is 13.5 Å². The van der Waals surface area contributed by atoms with E-state index in [4.69, 9.17) is 5.84 Å². The third-order valence-electron chi connectivity index (χ3n) is 1.06. The minimum absolute atomic E-state index is 0.127. The highest BCUT2D eigenvalue weighted by atomic mass is 16.2. The van der Waals surface area contributed by atoms with Crippen molar-refractivity contribution in [2.24, 2.45) is 5.84 Å². The molecule has 10 heavy (non-hydrogen) atoms. The van der Waals surface area contributed by atoms with Crippen LogP contribution < -0.4 is 16.7 Å². The molecule has 0 unspecified atom stereocenters. The lowest BCUT2D eigenvalue weighted by molar-refractivity contribution is -0.129. The number of rotatable bonds is 4. The summed E-state index contributed by atoms with van der Waals surface area (Å²) in [6.07, 6.45) is 0. The number of nitrogens with zero attached hydrogens (tertiary/aromatic N) is 1. The van der Waals surface area contributed by atoms with Crippen LogP contribution in [0.15, 0.2) is 0 Å². The Morgan fingerprint density at radius 2 is 2.30 bits per heavy atom. The Bertz CT molecular complexity index is 106. The van der Waals surface area contributed by atoms with E-state index < -0.39 is 0 Å². The van der Waals surface area contributed by atoms with E-state index in [0.717, 1.165) is 5.01 Å². The molecule has 0 saturated heterocycles. The van der Waals surface area contributed by atoms with Crippen molar-refractivity contribution in [3.05, 3.63) is 0 Å². The molecule has 0 aromatic heterocycles. The molecule has 0 aliphatic rings. The Hall–Kier alpha value is -0.650. The quantitative estimate of drug-likeness (QED) is 0.194. The van der Waals surface area contributed by atoms with Crippen molar-refractivity contribution >= 4 is 5.91 Å². The van der Waals surface area contributed by atoms with Crippen LogP contribution >= 0.6 is 0 Å². The van der Waals surface area contributed by atoms with Crippen molar-refractivity contribution in [2.45, 2.75) is 6.92 Å². The third kappa shape index (κ3) is 4.25. The molecule has 0 spiro atoms. The molecule has 5 nitrogen and oxygen atoms in total. The van der Waals surface area contributed by atoms with Crippen molar-refractivity contribution in [2.75, 3.05) is 20.1 Å². The fourth-order valence-corrected chi connectivity index (χ4v) is 0.459. The summed E-state index contributed by atoms with van der Waals surface area (Å²) in [5.41, 5.74) is 5.53. The summed E-state index contributed by atoms with van der Waals surface area (Å²) in [5, 5.41) is 1.16. The van der Waals surface area contributed by atoms with Crippen molar-refractivity contribution in [1.82, 2.24) is 15.9 Å². The Morgan fingerprint density at radius 3 is 2.70 bits per heavy atom. The largest absolute Gasteiger partial charge is 0.280 e. The zero-order chi connectivity index (χ0) is 7.98. The summed E-state index contributed by atoms with van der Waals surface area (Å²) in [6.45, 7) is 2.59. The number of hydrazine groups is 2. The minimum Gasteiger partial charge on any atom is -0.280 e. The topological polar surface area (TPSA) is 70.4 Å². The lowest BCUT2D eigenvalue weighted by Crippen LogP contribution is -2.42. The Kier molecular flexibility index (Phi) is 4.82. The fourth-order valence-electron chi connectivity index (χ4n) is 0.459. The summed E-state index contributed by atoms with van der Waals surface area (Å²) in [7, 11) is 1.76. The average Bonchev–Trinajstić information content (AvgIpc) is 1.88.